The molecule has 0 amide bonds. The van der Waals surface area contributed by atoms with Crippen LogP contribution >= 0.6 is 0 Å². The van der Waals surface area contributed by atoms with Gasteiger partial charge >= 0.3 is 0 Å². The Balaban J connectivity index is 2.44. The highest BCUT2D eigenvalue weighted by atomic mass is 16.5. The molecule has 0 unspecified atom stereocenters. The van der Waals surface area contributed by atoms with E-state index in [1.165, 1.54) is 5.56 Å². The zero-order valence-electron chi connectivity index (χ0n) is 9.40. The minimum Gasteiger partial charge on any atom is -0.507 e. The molecule has 2 aromatic rings. The summed E-state index contributed by atoms with van der Waals surface area (Å²) in [6.07, 6.45) is 0. The maximum atomic E-state index is 9.87. The molecule has 0 saturated carbocycles. The first-order chi connectivity index (χ1) is 7.70. The molecule has 0 bridgehead atoms. The summed E-state index contributed by atoms with van der Waals surface area (Å²) in [4.78, 5) is 0. The minimum atomic E-state index is 0.239. The Morgan fingerprint density at radius 2 is 1.69 bits per heavy atom. The fraction of sp³-hybridized carbons (Fsp3) is 0.143. The number of phenolic OH excluding ortho intramolecular Hbond substituents is 1. The number of benzene rings is 2. The average molecular weight is 214 g/mol. The summed E-state index contributed by atoms with van der Waals surface area (Å²) < 4.78 is 5.04. The number of ether oxygens (including phenoxy) is 1. The highest BCUT2D eigenvalue weighted by Gasteiger charge is 2.05. The molecule has 0 atom stereocenters. The van der Waals surface area contributed by atoms with Crippen LogP contribution < -0.4 is 4.74 Å². The molecule has 0 spiro atoms. The van der Waals surface area contributed by atoms with Crippen molar-refractivity contribution in [1.29, 1.82) is 0 Å². The molecule has 0 heterocycles. The lowest BCUT2D eigenvalue weighted by Crippen LogP contribution is -1.84. The molecule has 1 N–H and O–H groups in total. The van der Waals surface area contributed by atoms with Crippen molar-refractivity contribution in [3.05, 3.63) is 48.0 Å². The molecule has 16 heavy (non-hydrogen) atoms. The molecule has 0 aliphatic heterocycles. The summed E-state index contributed by atoms with van der Waals surface area (Å²) in [5, 5.41) is 9.87. The predicted octanol–water partition coefficient (Wildman–Crippen LogP) is 3.38. The second kappa shape index (κ2) is 4.27. The van der Waals surface area contributed by atoms with Crippen molar-refractivity contribution in [3.8, 4) is 22.6 Å². The lowest BCUT2D eigenvalue weighted by molar-refractivity contribution is 0.408. The number of hydrogen-bond donors (Lipinski definition) is 1. The summed E-state index contributed by atoms with van der Waals surface area (Å²) >= 11 is 0. The van der Waals surface area contributed by atoms with Gasteiger partial charge in [-0.25, -0.2) is 0 Å². The zero-order chi connectivity index (χ0) is 11.5. The molecule has 2 aromatic carbocycles. The van der Waals surface area contributed by atoms with Gasteiger partial charge in [0.25, 0.3) is 0 Å². The fourth-order valence-corrected chi connectivity index (χ4v) is 1.62. The Bertz CT molecular complexity index is 487. The Morgan fingerprint density at radius 1 is 1.00 bits per heavy atom. The molecule has 0 saturated heterocycles. The first-order valence-corrected chi connectivity index (χ1v) is 5.15. The average Bonchev–Trinajstić information content (AvgIpc) is 2.30. The lowest BCUT2D eigenvalue weighted by atomic mass is 10.0. The van der Waals surface area contributed by atoms with Crippen molar-refractivity contribution < 1.29 is 9.84 Å². The van der Waals surface area contributed by atoms with Gasteiger partial charge in [-0.15, -0.1) is 0 Å². The van der Waals surface area contributed by atoms with Gasteiger partial charge in [-0.2, -0.15) is 0 Å². The monoisotopic (exact) mass is 214 g/mol. The van der Waals surface area contributed by atoms with Crippen LogP contribution in [-0.2, 0) is 0 Å². The maximum Gasteiger partial charge on any atom is 0.127 e. The topological polar surface area (TPSA) is 29.5 Å². The van der Waals surface area contributed by atoms with Crippen LogP contribution in [0.3, 0.4) is 0 Å². The number of aromatic hydroxyl groups is 1. The fourth-order valence-electron chi connectivity index (χ4n) is 1.62. The molecule has 0 radical (unpaired) electrons. The smallest absolute Gasteiger partial charge is 0.127 e. The highest BCUT2D eigenvalue weighted by molar-refractivity contribution is 5.71. The van der Waals surface area contributed by atoms with Crippen molar-refractivity contribution >= 4 is 0 Å². The third kappa shape index (κ3) is 2.01. The summed E-state index contributed by atoms with van der Waals surface area (Å²) in [6, 6.07) is 13.4. The second-order valence-corrected chi connectivity index (χ2v) is 3.75. The minimum absolute atomic E-state index is 0.239. The molecule has 0 aliphatic carbocycles. The summed E-state index contributed by atoms with van der Waals surface area (Å²) in [5.41, 5.74) is 3.03. The molecule has 82 valence electrons. The van der Waals surface area contributed by atoms with Crippen LogP contribution in [0.1, 0.15) is 5.56 Å². The van der Waals surface area contributed by atoms with Gasteiger partial charge in [0.1, 0.15) is 11.5 Å². The summed E-state index contributed by atoms with van der Waals surface area (Å²) in [5.74, 6) is 0.900. The van der Waals surface area contributed by atoms with E-state index in [0.717, 1.165) is 11.1 Å². The van der Waals surface area contributed by atoms with E-state index >= 15 is 0 Å². The lowest BCUT2D eigenvalue weighted by Gasteiger charge is -2.07. The number of rotatable bonds is 2. The van der Waals surface area contributed by atoms with Crippen molar-refractivity contribution in [2.45, 2.75) is 6.92 Å². The molecular formula is C14H14O2. The van der Waals surface area contributed by atoms with E-state index in [1.807, 2.05) is 43.3 Å². The van der Waals surface area contributed by atoms with Gasteiger partial charge in [-0.1, -0.05) is 29.8 Å². The van der Waals surface area contributed by atoms with E-state index in [1.54, 1.807) is 13.2 Å². The molecule has 2 nitrogen and oxygen atoms in total. The number of phenols is 1. The zero-order valence-corrected chi connectivity index (χ0v) is 9.40. The molecule has 0 aliphatic rings. The van der Waals surface area contributed by atoms with Gasteiger partial charge < -0.3 is 9.84 Å². The maximum absolute atomic E-state index is 9.87. The standard InChI is InChI=1S/C14H14O2/c1-10-3-5-11(6-4-10)13-8-7-12(16-2)9-14(13)15/h3-9,15H,1-2H3. The Hall–Kier alpha value is -1.96. The van der Waals surface area contributed by atoms with Crippen LogP contribution in [0.2, 0.25) is 0 Å². The normalized spacial score (nSPS) is 10.1. The first-order valence-electron chi connectivity index (χ1n) is 5.15. The Labute approximate surface area is 95.1 Å². The van der Waals surface area contributed by atoms with E-state index < -0.39 is 0 Å². The van der Waals surface area contributed by atoms with Gasteiger partial charge in [0.05, 0.1) is 7.11 Å². The number of hydrogen-bond acceptors (Lipinski definition) is 2. The molecule has 0 fully saturated rings. The van der Waals surface area contributed by atoms with Crippen molar-refractivity contribution in [3.63, 3.8) is 0 Å². The van der Waals surface area contributed by atoms with Crippen molar-refractivity contribution in [2.75, 3.05) is 7.11 Å². The molecular weight excluding hydrogens is 200 g/mol. The SMILES string of the molecule is COc1ccc(-c2ccc(C)cc2)c(O)c1. The highest BCUT2D eigenvalue weighted by Crippen LogP contribution is 2.32. The first kappa shape index (κ1) is 10.6. The predicted molar refractivity (Wildman–Crippen MR) is 64.8 cm³/mol. The summed E-state index contributed by atoms with van der Waals surface area (Å²) in [7, 11) is 1.58. The molecule has 2 heteroatoms. The van der Waals surface area contributed by atoms with Crippen LogP contribution in [0.4, 0.5) is 0 Å². The third-order valence-corrected chi connectivity index (χ3v) is 2.57. The van der Waals surface area contributed by atoms with Gasteiger partial charge in [-0.05, 0) is 24.6 Å². The van der Waals surface area contributed by atoms with Crippen molar-refractivity contribution in [2.24, 2.45) is 0 Å². The molecule has 2 rings (SSSR count). The third-order valence-electron chi connectivity index (χ3n) is 2.57. The second-order valence-electron chi connectivity index (χ2n) is 3.75. The number of methoxy groups -OCH3 is 1. The van der Waals surface area contributed by atoms with Gasteiger partial charge in [-0.3, -0.25) is 0 Å². The van der Waals surface area contributed by atoms with Gasteiger partial charge in [0.2, 0.25) is 0 Å². The van der Waals surface area contributed by atoms with E-state index in [0.29, 0.717) is 5.75 Å². The van der Waals surface area contributed by atoms with E-state index in [2.05, 4.69) is 0 Å². The van der Waals surface area contributed by atoms with Crippen molar-refractivity contribution in [1.82, 2.24) is 0 Å². The van der Waals surface area contributed by atoms with Crippen LogP contribution in [-0.4, -0.2) is 12.2 Å². The van der Waals surface area contributed by atoms with Crippen LogP contribution in [0.25, 0.3) is 11.1 Å². The van der Waals surface area contributed by atoms with Gasteiger partial charge in [0.15, 0.2) is 0 Å². The number of aryl methyl sites for hydroxylation is 1. The summed E-state index contributed by atoms with van der Waals surface area (Å²) in [6.45, 7) is 2.04. The largest absolute Gasteiger partial charge is 0.507 e. The Morgan fingerprint density at radius 3 is 2.25 bits per heavy atom. The van der Waals surface area contributed by atoms with Crippen LogP contribution in [0, 0.1) is 6.92 Å². The van der Waals surface area contributed by atoms with Crippen LogP contribution in [0.5, 0.6) is 11.5 Å². The molecule has 0 aromatic heterocycles. The Kier molecular flexibility index (Phi) is 2.82. The van der Waals surface area contributed by atoms with E-state index in [-0.39, 0.29) is 5.75 Å². The van der Waals surface area contributed by atoms with Crippen LogP contribution in [0.15, 0.2) is 42.5 Å². The van der Waals surface area contributed by atoms with E-state index in [4.69, 9.17) is 4.74 Å². The quantitative estimate of drug-likeness (QED) is 0.830. The van der Waals surface area contributed by atoms with E-state index in [9.17, 15) is 5.11 Å². The van der Waals surface area contributed by atoms with Gasteiger partial charge in [0, 0.05) is 11.6 Å².